The van der Waals surface area contributed by atoms with Crippen molar-refractivity contribution >= 4 is 6.09 Å². The Hall–Kier alpha value is -2.24. The molecule has 0 aromatic carbocycles. The fourth-order valence-corrected chi connectivity index (χ4v) is 2.35. The first-order valence-electron chi connectivity index (χ1n) is 7.85. The van der Waals surface area contributed by atoms with E-state index in [1.807, 2.05) is 45.4 Å². The standard InChI is InChI=1S/C17H25N3O3/c1-13(10-15-6-5-9-22-15)20-12-18-11-14(20)7-8-19-16(21)23-17(2,3)4/h5-6,9,11-13H,7-8,10H2,1-4H3,(H,19,21). The van der Waals surface area contributed by atoms with Crippen LogP contribution in [0.4, 0.5) is 4.79 Å². The predicted octanol–water partition coefficient (Wildman–Crippen LogP) is 3.35. The number of hydrogen-bond acceptors (Lipinski definition) is 4. The van der Waals surface area contributed by atoms with Crippen molar-refractivity contribution in [3.63, 3.8) is 0 Å². The van der Waals surface area contributed by atoms with Crippen LogP contribution in [0.1, 0.15) is 45.2 Å². The van der Waals surface area contributed by atoms with Gasteiger partial charge in [-0.15, -0.1) is 0 Å². The van der Waals surface area contributed by atoms with E-state index in [0.29, 0.717) is 13.0 Å². The third-order valence-corrected chi connectivity index (χ3v) is 3.35. The molecular formula is C17H25N3O3. The van der Waals surface area contributed by atoms with E-state index in [0.717, 1.165) is 17.9 Å². The molecule has 2 aromatic rings. The summed E-state index contributed by atoms with van der Waals surface area (Å²) in [7, 11) is 0. The van der Waals surface area contributed by atoms with Gasteiger partial charge in [-0.05, 0) is 39.8 Å². The van der Waals surface area contributed by atoms with Crippen LogP contribution in [0.15, 0.2) is 35.3 Å². The van der Waals surface area contributed by atoms with Crippen LogP contribution in [0.5, 0.6) is 0 Å². The summed E-state index contributed by atoms with van der Waals surface area (Å²) in [4.78, 5) is 15.9. The van der Waals surface area contributed by atoms with Gasteiger partial charge in [-0.3, -0.25) is 0 Å². The SMILES string of the molecule is CC(Cc1ccco1)n1cncc1CCNC(=O)OC(C)(C)C. The van der Waals surface area contributed by atoms with Gasteiger partial charge in [0, 0.05) is 37.3 Å². The predicted molar refractivity (Wildman–Crippen MR) is 87.3 cm³/mol. The number of amides is 1. The summed E-state index contributed by atoms with van der Waals surface area (Å²) >= 11 is 0. The highest BCUT2D eigenvalue weighted by atomic mass is 16.6. The lowest BCUT2D eigenvalue weighted by molar-refractivity contribution is 0.0528. The van der Waals surface area contributed by atoms with Crippen molar-refractivity contribution in [3.8, 4) is 0 Å². The highest BCUT2D eigenvalue weighted by molar-refractivity contribution is 5.67. The fourth-order valence-electron chi connectivity index (χ4n) is 2.35. The van der Waals surface area contributed by atoms with Crippen LogP contribution in [0.2, 0.25) is 0 Å². The quantitative estimate of drug-likeness (QED) is 0.886. The lowest BCUT2D eigenvalue weighted by Gasteiger charge is -2.20. The van der Waals surface area contributed by atoms with Crippen molar-refractivity contribution in [2.45, 2.75) is 52.2 Å². The summed E-state index contributed by atoms with van der Waals surface area (Å²) in [6.45, 7) is 8.16. The Morgan fingerprint density at radius 3 is 2.91 bits per heavy atom. The van der Waals surface area contributed by atoms with Crippen LogP contribution in [-0.4, -0.2) is 27.8 Å². The number of carbonyl (C=O) groups excluding carboxylic acids is 1. The first kappa shape index (κ1) is 17.1. The third kappa shape index (κ3) is 5.47. The molecule has 0 spiro atoms. The molecule has 0 saturated heterocycles. The Morgan fingerprint density at radius 1 is 1.48 bits per heavy atom. The second-order valence-corrected chi connectivity index (χ2v) is 6.60. The monoisotopic (exact) mass is 319 g/mol. The minimum Gasteiger partial charge on any atom is -0.469 e. The molecular weight excluding hydrogens is 294 g/mol. The van der Waals surface area contributed by atoms with E-state index in [1.165, 1.54) is 0 Å². The van der Waals surface area contributed by atoms with Gasteiger partial charge < -0.3 is 19.0 Å². The molecule has 1 amide bonds. The van der Waals surface area contributed by atoms with Crippen LogP contribution >= 0.6 is 0 Å². The first-order chi connectivity index (χ1) is 10.8. The van der Waals surface area contributed by atoms with Gasteiger partial charge in [0.1, 0.15) is 11.4 Å². The number of ether oxygens (including phenoxy) is 1. The van der Waals surface area contributed by atoms with Crippen molar-refractivity contribution < 1.29 is 13.9 Å². The van der Waals surface area contributed by atoms with E-state index in [9.17, 15) is 4.79 Å². The number of imidazole rings is 1. The third-order valence-electron chi connectivity index (χ3n) is 3.35. The molecule has 0 saturated carbocycles. The Balaban J connectivity index is 1.85. The van der Waals surface area contributed by atoms with Crippen molar-refractivity contribution in [2.75, 3.05) is 6.54 Å². The number of nitrogens with zero attached hydrogens (tertiary/aromatic N) is 2. The normalized spacial score (nSPS) is 12.9. The molecule has 23 heavy (non-hydrogen) atoms. The second-order valence-electron chi connectivity index (χ2n) is 6.60. The zero-order valence-electron chi connectivity index (χ0n) is 14.2. The maximum Gasteiger partial charge on any atom is 0.407 e. The molecule has 2 heterocycles. The average molecular weight is 319 g/mol. The zero-order chi connectivity index (χ0) is 16.9. The smallest absolute Gasteiger partial charge is 0.407 e. The molecule has 6 heteroatoms. The topological polar surface area (TPSA) is 69.3 Å². The van der Waals surface area contributed by atoms with Crippen molar-refractivity contribution in [1.82, 2.24) is 14.9 Å². The minimum absolute atomic E-state index is 0.236. The average Bonchev–Trinajstić information content (AvgIpc) is 3.07. The molecule has 0 radical (unpaired) electrons. The Morgan fingerprint density at radius 2 is 2.26 bits per heavy atom. The summed E-state index contributed by atoms with van der Waals surface area (Å²) in [5, 5.41) is 2.77. The Bertz CT molecular complexity index is 611. The van der Waals surface area contributed by atoms with Gasteiger partial charge in [0.05, 0.1) is 12.6 Å². The van der Waals surface area contributed by atoms with Crippen LogP contribution in [0, 0.1) is 0 Å². The number of carbonyl (C=O) groups is 1. The summed E-state index contributed by atoms with van der Waals surface area (Å²) in [5.74, 6) is 0.948. The number of rotatable bonds is 6. The molecule has 6 nitrogen and oxygen atoms in total. The second kappa shape index (κ2) is 7.35. The molecule has 0 aliphatic heterocycles. The number of aromatic nitrogens is 2. The number of nitrogens with one attached hydrogen (secondary N) is 1. The van der Waals surface area contributed by atoms with Gasteiger partial charge in [0.15, 0.2) is 0 Å². The molecule has 1 N–H and O–H groups in total. The van der Waals surface area contributed by atoms with Gasteiger partial charge >= 0.3 is 6.09 Å². The molecule has 1 atom stereocenters. The van der Waals surface area contributed by atoms with Crippen molar-refractivity contribution in [2.24, 2.45) is 0 Å². The molecule has 2 rings (SSSR count). The van der Waals surface area contributed by atoms with E-state index in [-0.39, 0.29) is 6.04 Å². The Kier molecular flexibility index (Phi) is 5.47. The van der Waals surface area contributed by atoms with E-state index >= 15 is 0 Å². The minimum atomic E-state index is -0.483. The molecule has 0 aliphatic rings. The largest absolute Gasteiger partial charge is 0.469 e. The lowest BCUT2D eigenvalue weighted by atomic mass is 10.2. The van der Waals surface area contributed by atoms with Gasteiger partial charge in [0.25, 0.3) is 0 Å². The van der Waals surface area contributed by atoms with Crippen LogP contribution in [0.3, 0.4) is 0 Å². The lowest BCUT2D eigenvalue weighted by Crippen LogP contribution is -2.33. The maximum atomic E-state index is 11.6. The molecule has 0 fully saturated rings. The number of hydrogen-bond donors (Lipinski definition) is 1. The number of alkyl carbamates (subject to hydrolysis) is 1. The molecule has 126 valence electrons. The maximum absolute atomic E-state index is 11.6. The van der Waals surface area contributed by atoms with Crippen molar-refractivity contribution in [1.29, 1.82) is 0 Å². The van der Waals surface area contributed by atoms with Crippen LogP contribution < -0.4 is 5.32 Å². The van der Waals surface area contributed by atoms with E-state index < -0.39 is 11.7 Å². The highest BCUT2D eigenvalue weighted by Crippen LogP contribution is 2.16. The first-order valence-corrected chi connectivity index (χ1v) is 7.85. The zero-order valence-corrected chi connectivity index (χ0v) is 14.2. The van der Waals surface area contributed by atoms with Crippen molar-refractivity contribution in [3.05, 3.63) is 42.4 Å². The summed E-state index contributed by atoms with van der Waals surface area (Å²) in [5.41, 5.74) is 0.587. The number of furan rings is 1. The van der Waals surface area contributed by atoms with Crippen LogP contribution in [-0.2, 0) is 17.6 Å². The fraction of sp³-hybridized carbons (Fsp3) is 0.529. The molecule has 0 aliphatic carbocycles. The van der Waals surface area contributed by atoms with E-state index in [2.05, 4.69) is 21.8 Å². The van der Waals surface area contributed by atoms with Crippen LogP contribution in [0.25, 0.3) is 0 Å². The summed E-state index contributed by atoms with van der Waals surface area (Å²) < 4.78 is 12.7. The highest BCUT2D eigenvalue weighted by Gasteiger charge is 2.16. The molecule has 1 unspecified atom stereocenters. The summed E-state index contributed by atoms with van der Waals surface area (Å²) in [6, 6.07) is 4.10. The molecule has 2 aromatic heterocycles. The van der Waals surface area contributed by atoms with Gasteiger partial charge in [-0.25, -0.2) is 9.78 Å². The van der Waals surface area contributed by atoms with E-state index in [4.69, 9.17) is 9.15 Å². The van der Waals surface area contributed by atoms with Gasteiger partial charge in [-0.2, -0.15) is 0 Å². The Labute approximate surface area is 136 Å². The molecule has 0 bridgehead atoms. The van der Waals surface area contributed by atoms with Gasteiger partial charge in [-0.1, -0.05) is 0 Å². The summed E-state index contributed by atoms with van der Waals surface area (Å²) in [6.07, 6.45) is 6.43. The van der Waals surface area contributed by atoms with E-state index in [1.54, 1.807) is 6.26 Å². The van der Waals surface area contributed by atoms with Gasteiger partial charge in [0.2, 0.25) is 0 Å².